The van der Waals surface area contributed by atoms with Crippen LogP contribution in [0.2, 0.25) is 0 Å². The summed E-state index contributed by atoms with van der Waals surface area (Å²) in [6, 6.07) is 6.56. The lowest BCUT2D eigenvalue weighted by molar-refractivity contribution is 0.643. The summed E-state index contributed by atoms with van der Waals surface area (Å²) in [5.74, 6) is 0.939. The molecule has 0 bridgehead atoms. The summed E-state index contributed by atoms with van der Waals surface area (Å²) in [5.41, 5.74) is 7.93. The molecule has 1 saturated carbocycles. The lowest BCUT2D eigenvalue weighted by Gasteiger charge is -2.17. The second-order valence-electron chi connectivity index (χ2n) is 5.35. The summed E-state index contributed by atoms with van der Waals surface area (Å²) in [6.07, 6.45) is 7.72. The summed E-state index contributed by atoms with van der Waals surface area (Å²) in [7, 11) is 0. The molecule has 1 heterocycles. The molecule has 3 heteroatoms. The third-order valence-corrected chi connectivity index (χ3v) is 3.64. The number of hydrogen-bond acceptors (Lipinski definition) is 3. The lowest BCUT2D eigenvalue weighted by atomic mass is 10.1. The van der Waals surface area contributed by atoms with Crippen LogP contribution in [-0.4, -0.2) is 11.0 Å². The van der Waals surface area contributed by atoms with E-state index in [0.29, 0.717) is 6.04 Å². The number of hydrogen-bond donors (Lipinski definition) is 2. The second kappa shape index (κ2) is 4.48. The van der Waals surface area contributed by atoms with E-state index >= 15 is 0 Å². The first kappa shape index (κ1) is 11.3. The van der Waals surface area contributed by atoms with Crippen molar-refractivity contribution in [2.45, 2.75) is 32.2 Å². The van der Waals surface area contributed by atoms with Crippen molar-refractivity contribution >= 4 is 22.1 Å². The molecule has 18 heavy (non-hydrogen) atoms. The maximum Gasteiger partial charge on any atom is 0.0424 e. The summed E-state index contributed by atoms with van der Waals surface area (Å²) in [6.45, 7) is 2.25. The fourth-order valence-corrected chi connectivity index (χ4v) is 2.52. The smallest absolute Gasteiger partial charge is 0.0424 e. The maximum atomic E-state index is 5.98. The van der Waals surface area contributed by atoms with Crippen LogP contribution in [-0.2, 0) is 0 Å². The van der Waals surface area contributed by atoms with Gasteiger partial charge in [0.1, 0.15) is 0 Å². The zero-order valence-corrected chi connectivity index (χ0v) is 10.7. The minimum absolute atomic E-state index is 0.512. The normalized spacial score (nSPS) is 16.7. The van der Waals surface area contributed by atoms with E-state index in [1.54, 1.807) is 0 Å². The third kappa shape index (κ3) is 2.26. The average Bonchev–Trinajstić information content (AvgIpc) is 3.17. The number of nitrogens with two attached hydrogens (primary N) is 1. The zero-order valence-electron chi connectivity index (χ0n) is 10.7. The molecule has 3 rings (SSSR count). The van der Waals surface area contributed by atoms with Crippen LogP contribution in [0.3, 0.4) is 0 Å². The van der Waals surface area contributed by atoms with Gasteiger partial charge in [-0.25, -0.2) is 0 Å². The Morgan fingerprint density at radius 3 is 2.94 bits per heavy atom. The first-order chi connectivity index (χ1) is 8.74. The molecule has 1 atom stereocenters. The van der Waals surface area contributed by atoms with Crippen LogP contribution >= 0.6 is 0 Å². The quantitative estimate of drug-likeness (QED) is 0.806. The van der Waals surface area contributed by atoms with E-state index < -0.39 is 0 Å². The van der Waals surface area contributed by atoms with E-state index in [2.05, 4.69) is 23.3 Å². The van der Waals surface area contributed by atoms with Crippen molar-refractivity contribution in [2.75, 3.05) is 11.1 Å². The van der Waals surface area contributed by atoms with E-state index in [1.807, 2.05) is 24.5 Å². The number of aromatic nitrogens is 1. The van der Waals surface area contributed by atoms with Gasteiger partial charge in [0.25, 0.3) is 0 Å². The average molecular weight is 241 g/mol. The Hall–Kier alpha value is -1.77. The molecule has 1 aliphatic carbocycles. The van der Waals surface area contributed by atoms with Gasteiger partial charge in [-0.3, -0.25) is 4.98 Å². The van der Waals surface area contributed by atoms with Gasteiger partial charge < -0.3 is 11.1 Å². The molecule has 0 spiro atoms. The molecule has 1 unspecified atom stereocenters. The highest BCUT2D eigenvalue weighted by Crippen LogP contribution is 2.35. The SMILES string of the molecule is CC(CC1CC1)Nc1ccc(N)c2cnccc12. The van der Waals surface area contributed by atoms with Crippen molar-refractivity contribution in [3.05, 3.63) is 30.6 Å². The minimum atomic E-state index is 0.512. The molecule has 0 saturated heterocycles. The van der Waals surface area contributed by atoms with Crippen LogP contribution in [0.5, 0.6) is 0 Å². The Morgan fingerprint density at radius 2 is 2.17 bits per heavy atom. The van der Waals surface area contributed by atoms with Crippen molar-refractivity contribution in [1.29, 1.82) is 0 Å². The summed E-state index contributed by atoms with van der Waals surface area (Å²) in [4.78, 5) is 4.14. The Labute approximate surface area is 107 Å². The van der Waals surface area contributed by atoms with Gasteiger partial charge in [0.2, 0.25) is 0 Å². The first-order valence-electron chi connectivity index (χ1n) is 6.63. The highest BCUT2D eigenvalue weighted by Gasteiger charge is 2.23. The highest BCUT2D eigenvalue weighted by molar-refractivity contribution is 6.00. The van der Waals surface area contributed by atoms with Gasteiger partial charge in [-0.15, -0.1) is 0 Å². The Morgan fingerprint density at radius 1 is 1.33 bits per heavy atom. The predicted octanol–water partition coefficient (Wildman–Crippen LogP) is 3.42. The number of fused-ring (bicyclic) bond motifs is 1. The molecule has 94 valence electrons. The fourth-order valence-electron chi connectivity index (χ4n) is 2.52. The number of nitrogens with one attached hydrogen (secondary N) is 1. The Bertz CT molecular complexity index is 561. The third-order valence-electron chi connectivity index (χ3n) is 3.64. The van der Waals surface area contributed by atoms with Crippen LogP contribution < -0.4 is 11.1 Å². The largest absolute Gasteiger partial charge is 0.398 e. The number of anilines is 2. The molecular formula is C15H19N3. The van der Waals surface area contributed by atoms with Crippen LogP contribution in [0.1, 0.15) is 26.2 Å². The molecule has 2 aromatic rings. The van der Waals surface area contributed by atoms with E-state index in [4.69, 9.17) is 5.73 Å². The van der Waals surface area contributed by atoms with Gasteiger partial charge >= 0.3 is 0 Å². The van der Waals surface area contributed by atoms with E-state index in [1.165, 1.54) is 19.3 Å². The molecule has 0 radical (unpaired) electrons. The maximum absolute atomic E-state index is 5.98. The van der Waals surface area contributed by atoms with Gasteiger partial charge in [0, 0.05) is 40.6 Å². The van der Waals surface area contributed by atoms with Gasteiger partial charge in [0.15, 0.2) is 0 Å². The molecular weight excluding hydrogens is 222 g/mol. The van der Waals surface area contributed by atoms with Gasteiger partial charge in [-0.05, 0) is 37.5 Å². The predicted molar refractivity (Wildman–Crippen MR) is 76.6 cm³/mol. The minimum Gasteiger partial charge on any atom is -0.398 e. The number of nitrogen functional groups attached to an aromatic ring is 1. The van der Waals surface area contributed by atoms with Crippen molar-refractivity contribution in [3.8, 4) is 0 Å². The molecule has 0 aliphatic heterocycles. The molecule has 1 aromatic carbocycles. The number of pyridine rings is 1. The molecule has 1 aliphatic rings. The first-order valence-corrected chi connectivity index (χ1v) is 6.63. The molecule has 1 fully saturated rings. The van der Waals surface area contributed by atoms with Crippen LogP contribution in [0, 0.1) is 5.92 Å². The van der Waals surface area contributed by atoms with Gasteiger partial charge in [-0.1, -0.05) is 12.8 Å². The van der Waals surface area contributed by atoms with Crippen molar-refractivity contribution in [2.24, 2.45) is 5.92 Å². The summed E-state index contributed by atoms with van der Waals surface area (Å²) >= 11 is 0. The lowest BCUT2D eigenvalue weighted by Crippen LogP contribution is -2.16. The highest BCUT2D eigenvalue weighted by atomic mass is 14.9. The van der Waals surface area contributed by atoms with Crippen molar-refractivity contribution in [1.82, 2.24) is 4.98 Å². The van der Waals surface area contributed by atoms with E-state index in [0.717, 1.165) is 28.1 Å². The van der Waals surface area contributed by atoms with Crippen LogP contribution in [0.25, 0.3) is 10.8 Å². The monoisotopic (exact) mass is 241 g/mol. The standard InChI is InChI=1S/C15H19N3/c1-10(8-11-2-3-11)18-15-5-4-14(16)13-9-17-7-6-12(13)15/h4-7,9-11,18H,2-3,8,16H2,1H3. The fraction of sp³-hybridized carbons (Fsp3) is 0.400. The molecule has 0 amide bonds. The van der Waals surface area contributed by atoms with Crippen molar-refractivity contribution in [3.63, 3.8) is 0 Å². The van der Waals surface area contributed by atoms with E-state index in [-0.39, 0.29) is 0 Å². The Kier molecular flexibility index (Phi) is 2.82. The second-order valence-corrected chi connectivity index (χ2v) is 5.35. The summed E-state index contributed by atoms with van der Waals surface area (Å²) < 4.78 is 0. The topological polar surface area (TPSA) is 50.9 Å². The van der Waals surface area contributed by atoms with E-state index in [9.17, 15) is 0 Å². The zero-order chi connectivity index (χ0) is 12.5. The summed E-state index contributed by atoms with van der Waals surface area (Å²) in [5, 5.41) is 5.79. The molecule has 1 aromatic heterocycles. The molecule has 3 N–H and O–H groups in total. The van der Waals surface area contributed by atoms with Crippen LogP contribution in [0.15, 0.2) is 30.6 Å². The number of rotatable bonds is 4. The number of nitrogens with zero attached hydrogens (tertiary/aromatic N) is 1. The van der Waals surface area contributed by atoms with Gasteiger partial charge in [-0.2, -0.15) is 0 Å². The molecule has 3 nitrogen and oxygen atoms in total. The Balaban J connectivity index is 1.88. The van der Waals surface area contributed by atoms with Crippen LogP contribution in [0.4, 0.5) is 11.4 Å². The van der Waals surface area contributed by atoms with Gasteiger partial charge in [0.05, 0.1) is 0 Å². The number of benzene rings is 1. The van der Waals surface area contributed by atoms with Crippen molar-refractivity contribution < 1.29 is 0 Å².